The number of nitrogens with zero attached hydrogens (tertiary/aromatic N) is 2. The van der Waals surface area contributed by atoms with Crippen LogP contribution in [0.3, 0.4) is 0 Å². The maximum absolute atomic E-state index is 13.3. The zero-order valence-corrected chi connectivity index (χ0v) is 26.4. The molecule has 0 aliphatic carbocycles. The zero-order valence-electron chi connectivity index (χ0n) is 26.4. The number of para-hydroxylation sites is 1. The van der Waals surface area contributed by atoms with Crippen LogP contribution < -0.4 is 20.9 Å². The molecule has 2 aliphatic rings. The van der Waals surface area contributed by atoms with Crippen molar-refractivity contribution < 1.29 is 38.4 Å². The van der Waals surface area contributed by atoms with E-state index < -0.39 is 54.6 Å². The summed E-state index contributed by atoms with van der Waals surface area (Å²) in [7, 11) is 0. The normalized spacial score (nSPS) is 13.8. The second-order valence-corrected chi connectivity index (χ2v) is 11.3. The molecule has 0 unspecified atom stereocenters. The predicted molar refractivity (Wildman–Crippen MR) is 175 cm³/mol. The van der Waals surface area contributed by atoms with E-state index in [1.807, 2.05) is 42.5 Å². The van der Waals surface area contributed by atoms with E-state index >= 15 is 0 Å². The first kappa shape index (κ1) is 34.1. The van der Waals surface area contributed by atoms with Crippen LogP contribution >= 0.6 is 0 Å². The van der Waals surface area contributed by atoms with Gasteiger partial charge in [-0.2, -0.15) is 0 Å². The number of hydroxylamine groups is 2. The van der Waals surface area contributed by atoms with Gasteiger partial charge in [0.25, 0.3) is 11.8 Å². The number of fused-ring (bicyclic) bond motifs is 2. The van der Waals surface area contributed by atoms with Crippen molar-refractivity contribution >= 4 is 47.1 Å². The smallest absolute Gasteiger partial charge is 0.347 e. The van der Waals surface area contributed by atoms with E-state index in [9.17, 15) is 33.6 Å². The molecule has 1 fully saturated rings. The molecule has 3 N–H and O–H groups in total. The molecule has 2 aliphatic heterocycles. The van der Waals surface area contributed by atoms with Gasteiger partial charge in [0.1, 0.15) is 6.04 Å². The first-order valence-corrected chi connectivity index (χ1v) is 15.6. The third-order valence-electron chi connectivity index (χ3n) is 7.72. The highest BCUT2D eigenvalue weighted by atomic mass is 16.7. The highest BCUT2D eigenvalue weighted by molar-refractivity contribution is 6.02. The Balaban J connectivity index is 1.09. The summed E-state index contributed by atoms with van der Waals surface area (Å²) in [5.74, 6) is 1.68. The highest BCUT2D eigenvalue weighted by Gasteiger charge is 2.35. The lowest BCUT2D eigenvalue weighted by Gasteiger charge is -2.26. The maximum atomic E-state index is 13.3. The van der Waals surface area contributed by atoms with Crippen LogP contribution in [0.15, 0.2) is 78.9 Å². The number of nitrogens with one attached hydrogen (secondary N) is 3. The molecule has 13 heteroatoms. The van der Waals surface area contributed by atoms with E-state index in [0.29, 0.717) is 21.9 Å². The van der Waals surface area contributed by atoms with Crippen molar-refractivity contribution in [1.29, 1.82) is 0 Å². The minimum Gasteiger partial charge on any atom is -0.347 e. The summed E-state index contributed by atoms with van der Waals surface area (Å²) in [5.41, 5.74) is 3.69. The summed E-state index contributed by atoms with van der Waals surface area (Å²) < 4.78 is 0. The quantitative estimate of drug-likeness (QED) is 0.192. The van der Waals surface area contributed by atoms with Crippen molar-refractivity contribution in [1.82, 2.24) is 21.0 Å². The molecular formula is C36H33N5O8. The molecule has 3 aromatic carbocycles. The lowest BCUT2D eigenvalue weighted by molar-refractivity contribution is -0.199. The molecule has 1 atom stereocenters. The lowest BCUT2D eigenvalue weighted by Crippen LogP contribution is -2.50. The number of amides is 6. The first-order chi connectivity index (χ1) is 23.7. The Morgan fingerprint density at radius 2 is 1.33 bits per heavy atom. The van der Waals surface area contributed by atoms with Gasteiger partial charge in [-0.25, -0.2) is 4.79 Å². The number of rotatable bonds is 12. The van der Waals surface area contributed by atoms with E-state index in [-0.39, 0.29) is 44.6 Å². The average molecular weight is 664 g/mol. The van der Waals surface area contributed by atoms with Crippen LogP contribution in [0.5, 0.6) is 0 Å². The van der Waals surface area contributed by atoms with Crippen molar-refractivity contribution in [3.8, 4) is 11.8 Å². The highest BCUT2D eigenvalue weighted by Crippen LogP contribution is 2.26. The zero-order chi connectivity index (χ0) is 34.8. The molecule has 250 valence electrons. The predicted octanol–water partition coefficient (Wildman–Crippen LogP) is 1.28. The SMILES string of the molecule is O=C(CCC(=O)N1Cc2ccccc2C#Cc2ccccc21)NCC(=O)NCC(=O)N[C@@H](Cc1ccccc1)C(=O)ON1C(=O)CCC1=O. The minimum atomic E-state index is -1.27. The number of carbonyl (C=O) groups excluding carboxylic acids is 7. The van der Waals surface area contributed by atoms with Crippen molar-refractivity contribution in [3.05, 3.63) is 101 Å². The second kappa shape index (κ2) is 16.0. The maximum Gasteiger partial charge on any atom is 0.355 e. The Labute approximate surface area is 281 Å². The monoisotopic (exact) mass is 663 g/mol. The van der Waals surface area contributed by atoms with Crippen molar-refractivity contribution in [2.45, 2.75) is 44.7 Å². The minimum absolute atomic E-state index is 0.00666. The molecule has 0 radical (unpaired) electrons. The van der Waals surface area contributed by atoms with Gasteiger partial charge in [0.2, 0.25) is 23.6 Å². The number of anilines is 1. The van der Waals surface area contributed by atoms with Gasteiger partial charge in [-0.1, -0.05) is 72.5 Å². The van der Waals surface area contributed by atoms with E-state index in [4.69, 9.17) is 4.84 Å². The number of hydrogen-bond acceptors (Lipinski definition) is 8. The molecule has 0 saturated carbocycles. The van der Waals surface area contributed by atoms with Crippen LogP contribution in [0.25, 0.3) is 0 Å². The molecule has 6 amide bonds. The summed E-state index contributed by atoms with van der Waals surface area (Å²) in [4.78, 5) is 94.2. The van der Waals surface area contributed by atoms with Crippen LogP contribution in [-0.4, -0.2) is 65.6 Å². The Morgan fingerprint density at radius 1 is 0.714 bits per heavy atom. The molecular weight excluding hydrogens is 630 g/mol. The van der Waals surface area contributed by atoms with Crippen molar-refractivity contribution in [2.75, 3.05) is 18.0 Å². The number of hydrogen-bond donors (Lipinski definition) is 3. The Morgan fingerprint density at radius 3 is 2.08 bits per heavy atom. The van der Waals surface area contributed by atoms with Crippen molar-refractivity contribution in [2.24, 2.45) is 0 Å². The van der Waals surface area contributed by atoms with Crippen LogP contribution in [0.4, 0.5) is 5.69 Å². The van der Waals surface area contributed by atoms with Gasteiger partial charge in [0.05, 0.1) is 25.3 Å². The van der Waals surface area contributed by atoms with Gasteiger partial charge < -0.3 is 25.7 Å². The Hall–Kier alpha value is -6.29. The number of imide groups is 1. The van der Waals surface area contributed by atoms with Crippen LogP contribution in [0.1, 0.15) is 47.9 Å². The summed E-state index contributed by atoms with van der Waals surface area (Å²) in [5, 5.41) is 7.66. The fraction of sp³-hybridized carbons (Fsp3) is 0.250. The topological polar surface area (TPSA) is 171 Å². The standard InChI is InChI=1S/C36H33N5O8/c42-30(16-17-33(45)40-23-27-12-5-4-10-25(27)14-15-26-11-6-7-13-29(26)40)37-21-31(43)38-22-32(44)39-28(20-24-8-2-1-3-9-24)36(48)49-41-34(46)18-19-35(41)47/h1-13,28H,16-23H2,(H,37,42)(H,38,43)(H,39,44)/t28-/m0/s1. The molecule has 0 spiro atoms. The number of benzene rings is 3. The van der Waals surface area contributed by atoms with E-state index in [1.165, 1.54) is 0 Å². The molecule has 2 heterocycles. The van der Waals surface area contributed by atoms with Crippen LogP contribution in [0.2, 0.25) is 0 Å². The summed E-state index contributed by atoms with van der Waals surface area (Å²) in [6.45, 7) is -0.707. The van der Waals surface area contributed by atoms with Gasteiger partial charge in [-0.05, 0) is 29.3 Å². The molecule has 1 saturated heterocycles. The fourth-order valence-corrected chi connectivity index (χ4v) is 5.17. The van der Waals surface area contributed by atoms with E-state index in [2.05, 4.69) is 27.8 Å². The van der Waals surface area contributed by atoms with Gasteiger partial charge in [-0.15, -0.1) is 5.06 Å². The van der Waals surface area contributed by atoms with Gasteiger partial charge in [-0.3, -0.25) is 28.8 Å². The molecule has 0 bridgehead atoms. The van der Waals surface area contributed by atoms with Gasteiger partial charge in [0, 0.05) is 43.2 Å². The first-order valence-electron chi connectivity index (χ1n) is 15.6. The Bertz CT molecular complexity index is 1830. The summed E-state index contributed by atoms with van der Waals surface area (Å²) in [6, 6.07) is 22.2. The number of carbonyl (C=O) groups is 7. The van der Waals surface area contributed by atoms with Gasteiger partial charge in [0.15, 0.2) is 0 Å². The Kier molecular flexibility index (Phi) is 11.1. The molecule has 49 heavy (non-hydrogen) atoms. The summed E-state index contributed by atoms with van der Waals surface area (Å²) >= 11 is 0. The molecule has 3 aromatic rings. The van der Waals surface area contributed by atoms with E-state index in [0.717, 1.165) is 11.1 Å². The lowest BCUT2D eigenvalue weighted by atomic mass is 10.0. The summed E-state index contributed by atoms with van der Waals surface area (Å²) in [6.07, 6.45) is -0.471. The van der Waals surface area contributed by atoms with Gasteiger partial charge >= 0.3 is 5.97 Å². The third kappa shape index (κ3) is 9.17. The fourth-order valence-electron chi connectivity index (χ4n) is 5.17. The van der Waals surface area contributed by atoms with Crippen molar-refractivity contribution in [3.63, 3.8) is 0 Å². The molecule has 13 nitrogen and oxygen atoms in total. The largest absolute Gasteiger partial charge is 0.355 e. The van der Waals surface area contributed by atoms with E-state index in [1.54, 1.807) is 41.3 Å². The average Bonchev–Trinajstić information content (AvgIpc) is 3.42. The van der Waals surface area contributed by atoms with Crippen LogP contribution in [0, 0.1) is 11.8 Å². The molecule has 0 aromatic heterocycles. The van der Waals surface area contributed by atoms with Crippen LogP contribution in [-0.2, 0) is 51.4 Å². The third-order valence-corrected chi connectivity index (χ3v) is 7.72. The molecule has 5 rings (SSSR count). The second-order valence-electron chi connectivity index (χ2n) is 11.3.